The van der Waals surface area contributed by atoms with E-state index < -0.39 is 42.8 Å². The van der Waals surface area contributed by atoms with E-state index in [1.165, 1.54) is 6.07 Å². The number of benzene rings is 1. The van der Waals surface area contributed by atoms with Crippen molar-refractivity contribution >= 4 is 5.97 Å². The van der Waals surface area contributed by atoms with Gasteiger partial charge in [-0.1, -0.05) is 6.07 Å². The molecule has 2 rings (SSSR count). The van der Waals surface area contributed by atoms with Crippen molar-refractivity contribution < 1.29 is 31.8 Å². The van der Waals surface area contributed by atoms with Crippen molar-refractivity contribution in [3.8, 4) is 5.75 Å². The molecular weight excluding hydrogens is 280 g/mol. The summed E-state index contributed by atoms with van der Waals surface area (Å²) in [5, 5.41) is 0. The second-order valence-electron chi connectivity index (χ2n) is 4.68. The zero-order valence-electron chi connectivity index (χ0n) is 10.6. The van der Waals surface area contributed by atoms with E-state index in [0.717, 1.165) is 19.2 Å². The van der Waals surface area contributed by atoms with Gasteiger partial charge < -0.3 is 9.47 Å². The molecule has 0 bridgehead atoms. The van der Waals surface area contributed by atoms with Crippen LogP contribution in [0.5, 0.6) is 5.75 Å². The molecule has 1 fully saturated rings. The Morgan fingerprint density at radius 2 is 2.00 bits per heavy atom. The summed E-state index contributed by atoms with van der Waals surface area (Å²) < 4.78 is 60.8. The van der Waals surface area contributed by atoms with Gasteiger partial charge >= 0.3 is 5.97 Å². The van der Waals surface area contributed by atoms with Crippen LogP contribution in [0.1, 0.15) is 18.4 Å². The Labute approximate surface area is 112 Å². The summed E-state index contributed by atoms with van der Waals surface area (Å²) >= 11 is 0. The van der Waals surface area contributed by atoms with E-state index in [1.807, 2.05) is 0 Å². The molecule has 110 valence electrons. The van der Waals surface area contributed by atoms with Crippen LogP contribution in [-0.4, -0.2) is 25.9 Å². The maximum atomic E-state index is 13.7. The molecule has 0 heterocycles. The van der Waals surface area contributed by atoms with Crippen molar-refractivity contribution in [3.63, 3.8) is 0 Å². The Balaban J connectivity index is 2.36. The minimum absolute atomic E-state index is 0.0685. The zero-order valence-corrected chi connectivity index (χ0v) is 10.6. The highest BCUT2D eigenvalue weighted by Gasteiger charge is 2.62. The molecule has 0 aromatic heterocycles. The average molecular weight is 292 g/mol. The fourth-order valence-electron chi connectivity index (χ4n) is 2.47. The van der Waals surface area contributed by atoms with E-state index in [-0.39, 0.29) is 11.3 Å². The highest BCUT2D eigenvalue weighted by Crippen LogP contribution is 2.54. The summed E-state index contributed by atoms with van der Waals surface area (Å²) in [5.74, 6) is -5.10. The monoisotopic (exact) mass is 292 g/mol. The Hall–Kier alpha value is -1.79. The van der Waals surface area contributed by atoms with Gasteiger partial charge in [-0.05, 0) is 17.7 Å². The molecule has 0 aliphatic heterocycles. The quantitative estimate of drug-likeness (QED) is 0.632. The van der Waals surface area contributed by atoms with Gasteiger partial charge in [-0.25, -0.2) is 17.6 Å². The zero-order chi connectivity index (χ0) is 15.0. The average Bonchev–Trinajstić information content (AvgIpc) is 2.37. The summed E-state index contributed by atoms with van der Waals surface area (Å²) in [6.45, 7) is -1.21. The predicted molar refractivity (Wildman–Crippen MR) is 60.9 cm³/mol. The summed E-state index contributed by atoms with van der Waals surface area (Å²) in [5.41, 5.74) is -1.49. The van der Waals surface area contributed by atoms with Crippen molar-refractivity contribution in [1.82, 2.24) is 0 Å². The smallest absolute Gasteiger partial charge is 0.316 e. The first-order valence-electron chi connectivity index (χ1n) is 5.80. The van der Waals surface area contributed by atoms with Gasteiger partial charge in [0, 0.05) is 12.8 Å². The van der Waals surface area contributed by atoms with Crippen LogP contribution in [0.3, 0.4) is 0 Å². The fourth-order valence-corrected chi connectivity index (χ4v) is 2.47. The lowest BCUT2D eigenvalue weighted by Crippen LogP contribution is -2.54. The molecule has 1 aromatic rings. The predicted octanol–water partition coefficient (Wildman–Crippen LogP) is 2.97. The molecular formula is C13H12F4O3. The number of alkyl halides is 3. The second kappa shape index (κ2) is 4.96. The molecule has 0 saturated heterocycles. The first-order valence-corrected chi connectivity index (χ1v) is 5.80. The number of methoxy groups -OCH3 is 1. The third-order valence-corrected chi connectivity index (χ3v) is 3.39. The molecule has 0 radical (unpaired) electrons. The highest BCUT2D eigenvalue weighted by molar-refractivity contribution is 5.85. The molecule has 1 aromatic carbocycles. The van der Waals surface area contributed by atoms with Gasteiger partial charge in [0.1, 0.15) is 5.41 Å². The van der Waals surface area contributed by atoms with E-state index in [0.29, 0.717) is 0 Å². The Bertz CT molecular complexity index is 522. The van der Waals surface area contributed by atoms with Crippen LogP contribution in [0.25, 0.3) is 0 Å². The maximum absolute atomic E-state index is 13.7. The van der Waals surface area contributed by atoms with Crippen molar-refractivity contribution in [2.45, 2.75) is 24.2 Å². The Morgan fingerprint density at radius 1 is 1.35 bits per heavy atom. The van der Waals surface area contributed by atoms with Crippen molar-refractivity contribution in [3.05, 3.63) is 29.6 Å². The number of hydrogen-bond acceptors (Lipinski definition) is 3. The molecule has 0 N–H and O–H groups in total. The number of carbonyl (C=O) groups is 1. The molecule has 20 heavy (non-hydrogen) atoms. The summed E-state index contributed by atoms with van der Waals surface area (Å²) in [4.78, 5) is 11.8. The molecule has 7 heteroatoms. The molecule has 1 aliphatic carbocycles. The largest absolute Gasteiger partial charge is 0.468 e. The van der Waals surface area contributed by atoms with Crippen LogP contribution in [-0.2, 0) is 14.9 Å². The van der Waals surface area contributed by atoms with Crippen LogP contribution in [0.15, 0.2) is 18.2 Å². The molecule has 0 spiro atoms. The van der Waals surface area contributed by atoms with Crippen LogP contribution in [0.2, 0.25) is 0 Å². The van der Waals surface area contributed by atoms with Crippen LogP contribution < -0.4 is 4.74 Å². The molecule has 0 unspecified atom stereocenters. The number of rotatable bonds is 4. The molecule has 1 aliphatic rings. The van der Waals surface area contributed by atoms with Gasteiger partial charge in [0.05, 0.1) is 7.11 Å². The minimum atomic E-state index is -2.99. The lowest BCUT2D eigenvalue weighted by molar-refractivity contribution is -0.177. The number of esters is 1. The Kier molecular flexibility index (Phi) is 3.62. The first kappa shape index (κ1) is 14.6. The van der Waals surface area contributed by atoms with Gasteiger partial charge in [0.15, 0.2) is 11.6 Å². The number of halogens is 4. The normalized spacial score (nSPS) is 19.1. The highest BCUT2D eigenvalue weighted by atomic mass is 19.3. The minimum Gasteiger partial charge on any atom is -0.468 e. The van der Waals surface area contributed by atoms with E-state index in [9.17, 15) is 22.4 Å². The number of ether oxygens (including phenoxy) is 2. The molecule has 0 atom stereocenters. The summed E-state index contributed by atoms with van der Waals surface area (Å²) in [6, 6.07) is 3.27. The van der Waals surface area contributed by atoms with Crippen LogP contribution in [0, 0.1) is 5.82 Å². The van der Waals surface area contributed by atoms with Gasteiger partial charge in [-0.3, -0.25) is 4.79 Å². The van der Waals surface area contributed by atoms with Crippen molar-refractivity contribution in [2.24, 2.45) is 0 Å². The topological polar surface area (TPSA) is 35.5 Å². The van der Waals surface area contributed by atoms with Crippen LogP contribution >= 0.6 is 0 Å². The SMILES string of the molecule is COC(=O)C1(c2ccc(OCF)c(F)c2)CC(F)(F)C1. The maximum Gasteiger partial charge on any atom is 0.316 e. The molecule has 0 amide bonds. The van der Waals surface area contributed by atoms with Crippen LogP contribution in [0.4, 0.5) is 17.6 Å². The van der Waals surface area contributed by atoms with E-state index >= 15 is 0 Å². The lowest BCUT2D eigenvalue weighted by Gasteiger charge is -2.45. The third-order valence-electron chi connectivity index (χ3n) is 3.39. The van der Waals surface area contributed by atoms with E-state index in [4.69, 9.17) is 0 Å². The molecule has 1 saturated carbocycles. The van der Waals surface area contributed by atoms with E-state index in [2.05, 4.69) is 9.47 Å². The fraction of sp³-hybridized carbons (Fsp3) is 0.462. The number of carbonyl (C=O) groups excluding carboxylic acids is 1. The first-order chi connectivity index (χ1) is 9.34. The van der Waals surface area contributed by atoms with Crippen molar-refractivity contribution in [2.75, 3.05) is 14.0 Å². The Morgan fingerprint density at radius 3 is 2.45 bits per heavy atom. The van der Waals surface area contributed by atoms with Gasteiger partial charge in [-0.2, -0.15) is 0 Å². The van der Waals surface area contributed by atoms with Gasteiger partial charge in [0.25, 0.3) is 5.92 Å². The third kappa shape index (κ3) is 2.32. The standard InChI is InChI=1S/C13H12F4O3/c1-19-11(18)12(5-13(16,17)6-12)8-2-3-10(20-7-14)9(15)4-8/h2-4H,5-7H2,1H3. The van der Waals surface area contributed by atoms with E-state index in [1.54, 1.807) is 0 Å². The summed E-state index contributed by atoms with van der Waals surface area (Å²) in [6.07, 6.45) is -1.48. The van der Waals surface area contributed by atoms with Gasteiger partial charge in [-0.15, -0.1) is 0 Å². The second-order valence-corrected chi connectivity index (χ2v) is 4.68. The molecule has 3 nitrogen and oxygen atoms in total. The van der Waals surface area contributed by atoms with Gasteiger partial charge in [0.2, 0.25) is 6.86 Å². The lowest BCUT2D eigenvalue weighted by atomic mass is 9.62. The summed E-state index contributed by atoms with van der Waals surface area (Å²) in [7, 11) is 1.08. The van der Waals surface area contributed by atoms with Crippen molar-refractivity contribution in [1.29, 1.82) is 0 Å². The number of hydrogen-bond donors (Lipinski definition) is 0.